The largest absolute Gasteiger partial charge is 0.387 e. The summed E-state index contributed by atoms with van der Waals surface area (Å²) in [5.74, 6) is -0.217. The van der Waals surface area contributed by atoms with Crippen LogP contribution in [0.3, 0.4) is 0 Å². The van der Waals surface area contributed by atoms with Crippen molar-refractivity contribution in [3.05, 3.63) is 120 Å². The van der Waals surface area contributed by atoms with Gasteiger partial charge in [-0.3, -0.25) is 15.2 Å². The summed E-state index contributed by atoms with van der Waals surface area (Å²) in [4.78, 5) is 24.9. The van der Waals surface area contributed by atoms with Gasteiger partial charge in [0.15, 0.2) is 5.84 Å². The van der Waals surface area contributed by atoms with Crippen molar-refractivity contribution in [1.82, 2.24) is 10.3 Å². The molecule has 1 amide bonds. The predicted molar refractivity (Wildman–Crippen MR) is 158 cm³/mol. The number of nitrogens with zero attached hydrogens (tertiary/aromatic N) is 2. The van der Waals surface area contributed by atoms with Gasteiger partial charge in [0.05, 0.1) is 29.6 Å². The number of aliphatic imine (C=N–C) groups is 1. The minimum absolute atomic E-state index is 0.0130. The van der Waals surface area contributed by atoms with Crippen molar-refractivity contribution in [3.63, 3.8) is 0 Å². The van der Waals surface area contributed by atoms with Gasteiger partial charge in [0.2, 0.25) is 17.1 Å². The molecule has 0 saturated heterocycles. The third-order valence-electron chi connectivity index (χ3n) is 6.55. The average molecular weight is 529 g/mol. The van der Waals surface area contributed by atoms with Gasteiger partial charge in [0.25, 0.3) is 0 Å². The van der Waals surface area contributed by atoms with Gasteiger partial charge in [-0.15, -0.1) is 0 Å². The fourth-order valence-electron chi connectivity index (χ4n) is 4.48. The van der Waals surface area contributed by atoms with Crippen molar-refractivity contribution in [2.75, 3.05) is 0 Å². The molecule has 198 valence electrons. The highest BCUT2D eigenvalue weighted by atomic mass is 16.1. The number of aromatic nitrogens is 2. The smallest absolute Gasteiger partial charge is 0.227 e. The van der Waals surface area contributed by atoms with Crippen LogP contribution in [0.15, 0.2) is 108 Å². The number of amidine groups is 2. The van der Waals surface area contributed by atoms with Crippen molar-refractivity contribution >= 4 is 28.5 Å². The highest BCUT2D eigenvalue weighted by Crippen LogP contribution is 2.32. The summed E-state index contributed by atoms with van der Waals surface area (Å²) in [5, 5.41) is 11.9. The van der Waals surface area contributed by atoms with Crippen LogP contribution in [0.25, 0.3) is 33.3 Å². The Morgan fingerprint density at radius 1 is 0.925 bits per heavy atom. The molecule has 0 spiro atoms. The van der Waals surface area contributed by atoms with Crippen LogP contribution in [0.1, 0.15) is 23.2 Å². The summed E-state index contributed by atoms with van der Waals surface area (Å²) in [7, 11) is 0. The third-order valence-corrected chi connectivity index (χ3v) is 6.55. The van der Waals surface area contributed by atoms with Gasteiger partial charge in [-0.05, 0) is 29.3 Å². The van der Waals surface area contributed by atoms with E-state index in [1.165, 1.54) is 0 Å². The number of nitrogens with one attached hydrogen (secondary N) is 3. The predicted octanol–water partition coefficient (Wildman–Crippen LogP) is 4.23. The van der Waals surface area contributed by atoms with E-state index in [0.717, 1.165) is 44.5 Å². The number of H-pyrrole nitrogens is 1. The first-order chi connectivity index (χ1) is 19.5. The Bertz CT molecular complexity index is 1680. The number of hydrogen-bond acceptors (Lipinski definition) is 4. The van der Waals surface area contributed by atoms with E-state index in [1.54, 1.807) is 18.3 Å². The fraction of sp³-hybridized carbons (Fsp3) is 0.0938. The molecule has 8 heteroatoms. The Morgan fingerprint density at radius 3 is 2.33 bits per heavy atom. The van der Waals surface area contributed by atoms with Crippen molar-refractivity contribution in [2.45, 2.75) is 19.5 Å². The van der Waals surface area contributed by atoms with Crippen molar-refractivity contribution in [3.8, 4) is 22.4 Å². The van der Waals surface area contributed by atoms with E-state index in [4.69, 9.17) is 16.9 Å². The second kappa shape index (κ2) is 12.1. The van der Waals surface area contributed by atoms with Gasteiger partial charge in [-0.25, -0.2) is 9.98 Å². The Labute approximate surface area is 232 Å². The Morgan fingerprint density at radius 2 is 1.62 bits per heavy atom. The van der Waals surface area contributed by atoms with E-state index in [1.807, 2.05) is 54.6 Å². The summed E-state index contributed by atoms with van der Waals surface area (Å²) >= 11 is 0. The highest BCUT2D eigenvalue weighted by Gasteiger charge is 2.19. The number of carbonyl (C=O) groups excluding carboxylic acids is 1. The number of benzene rings is 3. The Hall–Kier alpha value is -5.21. The Kier molecular flexibility index (Phi) is 7.99. The van der Waals surface area contributed by atoms with Crippen LogP contribution in [0.4, 0.5) is 0 Å². The summed E-state index contributed by atoms with van der Waals surface area (Å²) in [6, 6.07) is 31.4. The van der Waals surface area contributed by atoms with E-state index >= 15 is 0 Å². The summed E-state index contributed by atoms with van der Waals surface area (Å²) in [5.41, 5.74) is 19.2. The summed E-state index contributed by atoms with van der Waals surface area (Å²) in [6.07, 6.45) is 1.60. The standard InChI is InChI=1S/C32H29N7O/c33-19-21-11-13-23(14-12-21)31-25(22-7-3-1-4-8-22)17-26-27(38-31)15-16-36-28(26)20-37-30(40)18-29(34)39-32(35)24-9-5-2-6-10-24/h1-17H,18-20,33H2,(H,37,40)(H3,34,35,39)/p+1. The molecule has 0 aliphatic carbocycles. The fourth-order valence-corrected chi connectivity index (χ4v) is 4.48. The second-order valence-electron chi connectivity index (χ2n) is 9.32. The first kappa shape index (κ1) is 26.4. The molecule has 0 saturated carbocycles. The van der Waals surface area contributed by atoms with Crippen LogP contribution < -0.4 is 21.8 Å². The Balaban J connectivity index is 1.40. The minimum Gasteiger partial charge on any atom is -0.387 e. The second-order valence-corrected chi connectivity index (χ2v) is 9.32. The van der Waals surface area contributed by atoms with E-state index in [-0.39, 0.29) is 30.5 Å². The lowest BCUT2D eigenvalue weighted by molar-refractivity contribution is -0.330. The molecule has 0 unspecified atom stereocenters. The molecule has 5 aromatic rings. The number of hydrogen-bond donors (Lipinski definition) is 4. The molecule has 0 radical (unpaired) electrons. The van der Waals surface area contributed by atoms with Gasteiger partial charge in [0.1, 0.15) is 5.84 Å². The van der Waals surface area contributed by atoms with Gasteiger partial charge in [-0.2, -0.15) is 0 Å². The van der Waals surface area contributed by atoms with Gasteiger partial charge in [0, 0.05) is 29.9 Å². The van der Waals surface area contributed by atoms with Crippen LogP contribution in [0, 0.1) is 5.41 Å². The van der Waals surface area contributed by atoms with E-state index in [9.17, 15) is 4.79 Å². The molecule has 40 heavy (non-hydrogen) atoms. The lowest BCUT2D eigenvalue weighted by Crippen LogP contribution is -2.29. The molecule has 0 fully saturated rings. The minimum atomic E-state index is -0.301. The number of fused-ring (bicyclic) bond motifs is 1. The molecule has 2 aromatic heterocycles. The zero-order valence-corrected chi connectivity index (χ0v) is 21.9. The highest BCUT2D eigenvalue weighted by molar-refractivity contribution is 6.08. The molecule has 3 aromatic carbocycles. The normalized spacial score (nSPS) is 11.4. The number of nitrogens with two attached hydrogens (primary N) is 2. The first-order valence-corrected chi connectivity index (χ1v) is 12.9. The average Bonchev–Trinajstić information content (AvgIpc) is 3.00. The lowest BCUT2D eigenvalue weighted by Gasteiger charge is -2.10. The van der Waals surface area contributed by atoms with E-state index < -0.39 is 0 Å². The zero-order valence-electron chi connectivity index (χ0n) is 21.9. The summed E-state index contributed by atoms with van der Waals surface area (Å²) < 4.78 is 0. The van der Waals surface area contributed by atoms with Crippen LogP contribution in [-0.2, 0) is 17.9 Å². The number of rotatable bonds is 8. The number of aromatic amines is 1. The third kappa shape index (κ3) is 6.09. The molecular formula is C32H30N7O+. The van der Waals surface area contributed by atoms with Crippen LogP contribution in [0.5, 0.6) is 0 Å². The monoisotopic (exact) mass is 528 g/mol. The molecule has 8 nitrogen and oxygen atoms in total. The SMILES string of the molecule is N=C(N=C(N)CC(=O)NCc1nccc2[nH+]c(-c3ccc(CN)cc3)c(-c3ccccc3)cc12)c1ccccc1. The maximum atomic E-state index is 12.7. The lowest BCUT2D eigenvalue weighted by atomic mass is 9.96. The van der Waals surface area contributed by atoms with Gasteiger partial charge in [-0.1, -0.05) is 72.8 Å². The topological polar surface area (TPSA) is 144 Å². The van der Waals surface area contributed by atoms with Crippen molar-refractivity contribution in [2.24, 2.45) is 16.5 Å². The molecule has 0 atom stereocenters. The summed E-state index contributed by atoms with van der Waals surface area (Å²) in [6.45, 7) is 0.702. The van der Waals surface area contributed by atoms with Crippen LogP contribution in [0.2, 0.25) is 0 Å². The van der Waals surface area contributed by atoms with Crippen molar-refractivity contribution < 1.29 is 9.78 Å². The number of amides is 1. The zero-order chi connectivity index (χ0) is 27.9. The van der Waals surface area contributed by atoms with Crippen molar-refractivity contribution in [1.29, 1.82) is 5.41 Å². The number of pyridine rings is 2. The van der Waals surface area contributed by atoms with Gasteiger partial charge >= 0.3 is 0 Å². The molecule has 5 rings (SSSR count). The van der Waals surface area contributed by atoms with Crippen LogP contribution >= 0.6 is 0 Å². The van der Waals surface area contributed by atoms with Crippen LogP contribution in [-0.4, -0.2) is 22.6 Å². The number of carbonyl (C=O) groups is 1. The molecule has 2 heterocycles. The molecule has 0 bridgehead atoms. The first-order valence-electron chi connectivity index (χ1n) is 12.9. The van der Waals surface area contributed by atoms with Gasteiger partial charge < -0.3 is 16.8 Å². The quantitative estimate of drug-likeness (QED) is 0.176. The maximum Gasteiger partial charge on any atom is 0.227 e. The van der Waals surface area contributed by atoms with E-state index in [0.29, 0.717) is 12.1 Å². The molecule has 7 N–H and O–H groups in total. The van der Waals surface area contributed by atoms with E-state index in [2.05, 4.69) is 50.6 Å². The molecule has 0 aliphatic rings. The molecular weight excluding hydrogens is 498 g/mol. The maximum absolute atomic E-state index is 12.7. The molecule has 0 aliphatic heterocycles.